The molecular formula is C10H15N3O. The lowest BCUT2D eigenvalue weighted by molar-refractivity contribution is 0.318. The first-order valence-electron chi connectivity index (χ1n) is 4.44. The van der Waals surface area contributed by atoms with Gasteiger partial charge in [-0.1, -0.05) is 29.4 Å². The van der Waals surface area contributed by atoms with Crippen molar-refractivity contribution in [1.82, 2.24) is 5.32 Å². The summed E-state index contributed by atoms with van der Waals surface area (Å²) < 4.78 is 0. The normalized spacial score (nSPS) is 14.0. The zero-order valence-corrected chi connectivity index (χ0v) is 8.36. The number of oxime groups is 1. The van der Waals surface area contributed by atoms with Gasteiger partial charge in [0.05, 0.1) is 0 Å². The first-order chi connectivity index (χ1) is 6.69. The highest BCUT2D eigenvalue weighted by Crippen LogP contribution is 2.12. The maximum Gasteiger partial charge on any atom is 0.170 e. The fourth-order valence-electron chi connectivity index (χ4n) is 1.17. The Morgan fingerprint density at radius 2 is 2.00 bits per heavy atom. The van der Waals surface area contributed by atoms with Gasteiger partial charge in [0.2, 0.25) is 0 Å². The van der Waals surface area contributed by atoms with E-state index in [1.807, 2.05) is 31.3 Å². The van der Waals surface area contributed by atoms with Crippen LogP contribution < -0.4 is 11.1 Å². The van der Waals surface area contributed by atoms with Crippen molar-refractivity contribution in [2.75, 3.05) is 7.05 Å². The molecule has 1 atom stereocenters. The Kier molecular flexibility index (Phi) is 3.48. The van der Waals surface area contributed by atoms with E-state index < -0.39 is 0 Å². The fraction of sp³-hybridized carbons (Fsp3) is 0.300. The van der Waals surface area contributed by atoms with Crippen LogP contribution >= 0.6 is 0 Å². The molecule has 0 aliphatic rings. The zero-order valence-electron chi connectivity index (χ0n) is 8.36. The average Bonchev–Trinajstić information content (AvgIpc) is 2.27. The molecule has 0 amide bonds. The smallest absolute Gasteiger partial charge is 0.170 e. The Morgan fingerprint density at radius 1 is 1.43 bits per heavy atom. The van der Waals surface area contributed by atoms with E-state index in [1.54, 1.807) is 0 Å². The van der Waals surface area contributed by atoms with Crippen LogP contribution in [0.25, 0.3) is 0 Å². The molecular weight excluding hydrogens is 178 g/mol. The van der Waals surface area contributed by atoms with Gasteiger partial charge in [-0.2, -0.15) is 0 Å². The van der Waals surface area contributed by atoms with Crippen LogP contribution in [-0.4, -0.2) is 18.1 Å². The van der Waals surface area contributed by atoms with Gasteiger partial charge in [-0.15, -0.1) is 0 Å². The van der Waals surface area contributed by atoms with E-state index in [0.717, 1.165) is 5.56 Å². The lowest BCUT2D eigenvalue weighted by Crippen LogP contribution is -2.15. The molecule has 0 radical (unpaired) electrons. The second-order valence-electron chi connectivity index (χ2n) is 3.12. The number of nitrogens with zero attached hydrogens (tertiary/aromatic N) is 1. The third-order valence-corrected chi connectivity index (χ3v) is 2.25. The predicted octanol–water partition coefficient (Wildman–Crippen LogP) is 1.06. The Morgan fingerprint density at radius 3 is 2.43 bits per heavy atom. The monoisotopic (exact) mass is 193 g/mol. The molecule has 0 saturated heterocycles. The van der Waals surface area contributed by atoms with E-state index in [0.29, 0.717) is 6.04 Å². The topological polar surface area (TPSA) is 70.6 Å². The van der Waals surface area contributed by atoms with Crippen molar-refractivity contribution in [3.63, 3.8) is 0 Å². The van der Waals surface area contributed by atoms with Crippen LogP contribution in [0.15, 0.2) is 29.4 Å². The number of amidine groups is 1. The summed E-state index contributed by atoms with van der Waals surface area (Å²) in [5.41, 5.74) is 7.33. The third kappa shape index (κ3) is 2.23. The van der Waals surface area contributed by atoms with Gasteiger partial charge in [-0.05, 0) is 19.5 Å². The van der Waals surface area contributed by atoms with Gasteiger partial charge < -0.3 is 16.3 Å². The highest BCUT2D eigenvalue weighted by atomic mass is 16.4. The Bertz CT molecular complexity index is 319. The van der Waals surface area contributed by atoms with Crippen LogP contribution in [0.5, 0.6) is 0 Å². The highest BCUT2D eigenvalue weighted by molar-refractivity contribution is 5.96. The number of rotatable bonds is 3. The molecule has 0 spiro atoms. The largest absolute Gasteiger partial charge is 0.409 e. The van der Waals surface area contributed by atoms with Crippen molar-refractivity contribution >= 4 is 5.84 Å². The van der Waals surface area contributed by atoms with Crippen LogP contribution in [-0.2, 0) is 0 Å². The van der Waals surface area contributed by atoms with E-state index >= 15 is 0 Å². The van der Waals surface area contributed by atoms with Crippen LogP contribution in [0.3, 0.4) is 0 Å². The van der Waals surface area contributed by atoms with Crippen molar-refractivity contribution in [1.29, 1.82) is 0 Å². The molecule has 4 N–H and O–H groups in total. The van der Waals surface area contributed by atoms with Gasteiger partial charge in [-0.25, -0.2) is 0 Å². The Balaban J connectivity index is 2.89. The summed E-state index contributed by atoms with van der Waals surface area (Å²) in [5.74, 6) is 0.133. The maximum absolute atomic E-state index is 8.46. The van der Waals surface area contributed by atoms with Crippen molar-refractivity contribution in [3.05, 3.63) is 35.4 Å². The molecule has 14 heavy (non-hydrogen) atoms. The first kappa shape index (κ1) is 10.5. The number of benzene rings is 1. The lowest BCUT2D eigenvalue weighted by atomic mass is 10.1. The molecule has 0 aliphatic heterocycles. The molecule has 0 fully saturated rings. The van der Waals surface area contributed by atoms with Crippen LogP contribution in [0.1, 0.15) is 24.1 Å². The van der Waals surface area contributed by atoms with Gasteiger partial charge >= 0.3 is 0 Å². The minimum Gasteiger partial charge on any atom is -0.409 e. The molecule has 0 bridgehead atoms. The zero-order chi connectivity index (χ0) is 10.6. The molecule has 4 nitrogen and oxygen atoms in total. The van der Waals surface area contributed by atoms with Crippen molar-refractivity contribution in [3.8, 4) is 0 Å². The standard InChI is InChI=1S/C10H15N3O/c1-7(12-2)8-3-5-9(6-4-8)10(11)13-14/h3-7,12,14H,1-2H3,(H2,11,13). The molecule has 0 aromatic heterocycles. The van der Waals surface area contributed by atoms with Crippen LogP contribution in [0, 0.1) is 0 Å². The molecule has 0 heterocycles. The van der Waals surface area contributed by atoms with E-state index in [4.69, 9.17) is 10.9 Å². The van der Waals surface area contributed by atoms with E-state index in [2.05, 4.69) is 17.4 Å². The number of hydrogen-bond acceptors (Lipinski definition) is 3. The lowest BCUT2D eigenvalue weighted by Gasteiger charge is -2.10. The number of hydrogen-bond donors (Lipinski definition) is 3. The van der Waals surface area contributed by atoms with Gasteiger partial charge in [0.15, 0.2) is 5.84 Å². The second-order valence-corrected chi connectivity index (χ2v) is 3.12. The summed E-state index contributed by atoms with van der Waals surface area (Å²) in [6, 6.07) is 7.87. The van der Waals surface area contributed by atoms with Crippen molar-refractivity contribution in [2.45, 2.75) is 13.0 Å². The fourth-order valence-corrected chi connectivity index (χ4v) is 1.17. The van der Waals surface area contributed by atoms with Crippen LogP contribution in [0.4, 0.5) is 0 Å². The average molecular weight is 193 g/mol. The third-order valence-electron chi connectivity index (χ3n) is 2.25. The molecule has 1 rings (SSSR count). The Labute approximate surface area is 83.4 Å². The molecule has 0 aliphatic carbocycles. The van der Waals surface area contributed by atoms with Crippen molar-refractivity contribution in [2.24, 2.45) is 10.9 Å². The molecule has 76 valence electrons. The summed E-state index contributed by atoms with van der Waals surface area (Å²) in [6.45, 7) is 2.07. The SMILES string of the molecule is CNC(C)c1ccc(/C(N)=N/O)cc1. The summed E-state index contributed by atoms with van der Waals surface area (Å²) in [7, 11) is 1.90. The molecule has 1 unspecified atom stereocenters. The summed E-state index contributed by atoms with van der Waals surface area (Å²) in [6.07, 6.45) is 0. The second kappa shape index (κ2) is 4.62. The molecule has 0 saturated carbocycles. The van der Waals surface area contributed by atoms with Gasteiger partial charge in [0, 0.05) is 11.6 Å². The highest BCUT2D eigenvalue weighted by Gasteiger charge is 2.03. The molecule has 4 heteroatoms. The molecule has 1 aromatic carbocycles. The van der Waals surface area contributed by atoms with Gasteiger partial charge in [0.25, 0.3) is 0 Å². The first-order valence-corrected chi connectivity index (χ1v) is 4.44. The summed E-state index contributed by atoms with van der Waals surface area (Å²) >= 11 is 0. The van der Waals surface area contributed by atoms with Gasteiger partial charge in [-0.3, -0.25) is 0 Å². The van der Waals surface area contributed by atoms with Gasteiger partial charge in [0.1, 0.15) is 0 Å². The van der Waals surface area contributed by atoms with E-state index in [1.165, 1.54) is 5.56 Å². The minimum absolute atomic E-state index is 0.133. The Hall–Kier alpha value is -1.55. The van der Waals surface area contributed by atoms with E-state index in [-0.39, 0.29) is 5.84 Å². The summed E-state index contributed by atoms with van der Waals surface area (Å²) in [5, 5.41) is 14.5. The number of nitrogens with one attached hydrogen (secondary N) is 1. The van der Waals surface area contributed by atoms with E-state index in [9.17, 15) is 0 Å². The quantitative estimate of drug-likeness (QED) is 0.291. The summed E-state index contributed by atoms with van der Waals surface area (Å²) in [4.78, 5) is 0. The number of nitrogens with two attached hydrogens (primary N) is 1. The predicted molar refractivity (Wildman–Crippen MR) is 56.4 cm³/mol. The molecule has 1 aromatic rings. The minimum atomic E-state index is 0.133. The van der Waals surface area contributed by atoms with Crippen LogP contribution in [0.2, 0.25) is 0 Å². The maximum atomic E-state index is 8.46. The van der Waals surface area contributed by atoms with Crippen molar-refractivity contribution < 1.29 is 5.21 Å².